The Bertz CT molecular complexity index is 754. The van der Waals surface area contributed by atoms with Crippen molar-refractivity contribution in [3.63, 3.8) is 0 Å². The van der Waals surface area contributed by atoms with Crippen molar-refractivity contribution in [1.82, 2.24) is 4.31 Å². The Balaban J connectivity index is 2.44. The number of nitrogens with zero attached hydrogens (tertiary/aromatic N) is 1. The molecule has 10 heteroatoms. The molecule has 1 fully saturated rings. The Hall–Kier alpha value is -0.540. The van der Waals surface area contributed by atoms with Crippen LogP contribution in [0.4, 0.5) is 5.69 Å². The van der Waals surface area contributed by atoms with Gasteiger partial charge in [-0.05, 0) is 18.6 Å². The smallest absolute Gasteiger partial charge is 0.246 e. The van der Waals surface area contributed by atoms with Crippen LogP contribution in [0, 0.1) is 0 Å². The SMILES string of the molecule is CN(C1CCS(=O)(=O)C1)S(=O)(=O)c1c(N)cc(Cl)cc1Cl. The minimum Gasteiger partial charge on any atom is -0.398 e. The van der Waals surface area contributed by atoms with Crippen LogP contribution in [-0.2, 0) is 19.9 Å². The first-order valence-corrected chi connectivity index (χ1v) is 9.99. The Morgan fingerprint density at radius 1 is 1.33 bits per heavy atom. The van der Waals surface area contributed by atoms with E-state index >= 15 is 0 Å². The molecule has 1 saturated heterocycles. The summed E-state index contributed by atoms with van der Waals surface area (Å²) >= 11 is 11.7. The molecule has 2 N–H and O–H groups in total. The Morgan fingerprint density at radius 3 is 2.43 bits per heavy atom. The fourth-order valence-corrected chi connectivity index (χ4v) is 6.45. The number of hydrogen-bond acceptors (Lipinski definition) is 5. The number of rotatable bonds is 3. The van der Waals surface area contributed by atoms with Crippen LogP contribution in [0.1, 0.15) is 6.42 Å². The molecule has 1 aromatic rings. The highest BCUT2D eigenvalue weighted by Crippen LogP contribution is 2.34. The topological polar surface area (TPSA) is 97.5 Å². The van der Waals surface area contributed by atoms with Gasteiger partial charge in [-0.25, -0.2) is 16.8 Å². The summed E-state index contributed by atoms with van der Waals surface area (Å²) in [6.45, 7) is 0. The number of anilines is 1. The third kappa shape index (κ3) is 3.29. The maximum absolute atomic E-state index is 12.6. The summed E-state index contributed by atoms with van der Waals surface area (Å²) in [6, 6.07) is 1.96. The van der Waals surface area contributed by atoms with E-state index in [4.69, 9.17) is 28.9 Å². The average molecular weight is 373 g/mol. The van der Waals surface area contributed by atoms with Crippen molar-refractivity contribution in [3.8, 4) is 0 Å². The fraction of sp³-hybridized carbons (Fsp3) is 0.455. The van der Waals surface area contributed by atoms with E-state index in [-0.39, 0.29) is 38.6 Å². The zero-order chi connectivity index (χ0) is 16.0. The Labute approximate surface area is 133 Å². The standard InChI is InChI=1S/C11H14Cl2N2O4S2/c1-15(8-2-3-20(16,17)6-8)21(18,19)11-9(13)4-7(12)5-10(11)14/h4-5,8H,2-3,6,14H2,1H3. The van der Waals surface area contributed by atoms with Crippen molar-refractivity contribution in [2.45, 2.75) is 17.4 Å². The van der Waals surface area contributed by atoms with Crippen LogP contribution in [0.3, 0.4) is 0 Å². The van der Waals surface area contributed by atoms with Crippen LogP contribution in [0.2, 0.25) is 10.0 Å². The Kier molecular flexibility index (Phi) is 4.47. The predicted octanol–water partition coefficient (Wildman–Crippen LogP) is 1.38. The molecule has 0 amide bonds. The molecule has 0 spiro atoms. The molecule has 0 aromatic heterocycles. The van der Waals surface area contributed by atoms with Gasteiger partial charge in [-0.3, -0.25) is 0 Å². The number of halogens is 2. The van der Waals surface area contributed by atoms with Gasteiger partial charge >= 0.3 is 0 Å². The summed E-state index contributed by atoms with van der Waals surface area (Å²) in [4.78, 5) is -0.250. The van der Waals surface area contributed by atoms with E-state index < -0.39 is 25.9 Å². The number of nitrogen functional groups attached to an aromatic ring is 1. The molecule has 1 aliphatic heterocycles. The molecule has 1 heterocycles. The van der Waals surface area contributed by atoms with Crippen molar-refractivity contribution in [2.75, 3.05) is 24.3 Å². The highest BCUT2D eigenvalue weighted by Gasteiger charge is 2.38. The summed E-state index contributed by atoms with van der Waals surface area (Å²) in [5.74, 6) is -0.227. The molecular weight excluding hydrogens is 359 g/mol. The zero-order valence-corrected chi connectivity index (χ0v) is 14.2. The van der Waals surface area contributed by atoms with Crippen molar-refractivity contribution in [1.29, 1.82) is 0 Å². The molecule has 21 heavy (non-hydrogen) atoms. The van der Waals surface area contributed by atoms with Crippen molar-refractivity contribution in [3.05, 3.63) is 22.2 Å². The van der Waals surface area contributed by atoms with Gasteiger partial charge in [-0.15, -0.1) is 0 Å². The number of sulfonamides is 1. The lowest BCUT2D eigenvalue weighted by atomic mass is 10.3. The lowest BCUT2D eigenvalue weighted by Gasteiger charge is -2.24. The van der Waals surface area contributed by atoms with E-state index in [0.717, 1.165) is 4.31 Å². The zero-order valence-electron chi connectivity index (χ0n) is 11.1. The van der Waals surface area contributed by atoms with Gasteiger partial charge in [0.25, 0.3) is 0 Å². The molecule has 0 radical (unpaired) electrons. The van der Waals surface area contributed by atoms with Crippen molar-refractivity contribution in [2.24, 2.45) is 0 Å². The highest BCUT2D eigenvalue weighted by atomic mass is 35.5. The van der Waals surface area contributed by atoms with Gasteiger partial charge < -0.3 is 5.73 Å². The third-order valence-electron chi connectivity index (χ3n) is 3.40. The monoisotopic (exact) mass is 372 g/mol. The van der Waals surface area contributed by atoms with Crippen LogP contribution in [0.5, 0.6) is 0 Å². The molecule has 0 saturated carbocycles. The van der Waals surface area contributed by atoms with Crippen molar-refractivity contribution >= 4 is 48.7 Å². The van der Waals surface area contributed by atoms with Crippen LogP contribution in [0.25, 0.3) is 0 Å². The molecule has 0 bridgehead atoms. The third-order valence-corrected chi connectivity index (χ3v) is 7.80. The molecule has 0 aliphatic carbocycles. The Morgan fingerprint density at radius 2 is 1.95 bits per heavy atom. The predicted molar refractivity (Wildman–Crippen MR) is 82.9 cm³/mol. The van der Waals surface area contributed by atoms with Gasteiger partial charge in [0.15, 0.2) is 9.84 Å². The fourth-order valence-electron chi connectivity index (χ4n) is 2.25. The molecule has 2 rings (SSSR count). The number of benzene rings is 1. The quantitative estimate of drug-likeness (QED) is 0.808. The van der Waals surface area contributed by atoms with E-state index in [9.17, 15) is 16.8 Å². The second-order valence-electron chi connectivity index (χ2n) is 4.88. The summed E-state index contributed by atoms with van der Waals surface area (Å²) < 4.78 is 49.2. The summed E-state index contributed by atoms with van der Waals surface area (Å²) in [6.07, 6.45) is 0.253. The lowest BCUT2D eigenvalue weighted by Crippen LogP contribution is -2.38. The van der Waals surface area contributed by atoms with Gasteiger partial charge in [-0.2, -0.15) is 4.31 Å². The van der Waals surface area contributed by atoms with Gasteiger partial charge in [-0.1, -0.05) is 23.2 Å². The molecule has 118 valence electrons. The summed E-state index contributed by atoms with van der Waals surface area (Å²) in [5.41, 5.74) is 5.64. The number of sulfone groups is 1. The second-order valence-corrected chi connectivity index (χ2v) is 9.89. The molecule has 6 nitrogen and oxygen atoms in total. The maximum Gasteiger partial charge on any atom is 0.246 e. The van der Waals surface area contributed by atoms with Gasteiger partial charge in [0.2, 0.25) is 10.0 Å². The second kappa shape index (κ2) is 5.58. The number of hydrogen-bond donors (Lipinski definition) is 1. The maximum atomic E-state index is 12.6. The van der Waals surface area contributed by atoms with Crippen molar-refractivity contribution < 1.29 is 16.8 Å². The van der Waals surface area contributed by atoms with Gasteiger partial charge in [0, 0.05) is 18.1 Å². The largest absolute Gasteiger partial charge is 0.398 e. The average Bonchev–Trinajstić information content (AvgIpc) is 2.66. The minimum atomic E-state index is -4.00. The first-order valence-electron chi connectivity index (χ1n) is 5.97. The highest BCUT2D eigenvalue weighted by molar-refractivity contribution is 7.92. The number of nitrogens with two attached hydrogens (primary N) is 1. The minimum absolute atomic E-state index is 0.0264. The normalized spacial score (nSPS) is 21.8. The van der Waals surface area contributed by atoms with Crippen LogP contribution < -0.4 is 5.73 Å². The molecular formula is C11H14Cl2N2O4S2. The molecule has 1 atom stereocenters. The summed E-state index contributed by atoms with van der Waals surface area (Å²) in [7, 11) is -5.87. The van der Waals surface area contributed by atoms with E-state index in [1.54, 1.807) is 0 Å². The van der Waals surface area contributed by atoms with Gasteiger partial charge in [0.1, 0.15) is 4.90 Å². The van der Waals surface area contributed by atoms with Crippen LogP contribution in [-0.4, -0.2) is 45.7 Å². The lowest BCUT2D eigenvalue weighted by molar-refractivity contribution is 0.394. The molecule has 1 aromatic carbocycles. The van der Waals surface area contributed by atoms with Crippen LogP contribution >= 0.6 is 23.2 Å². The molecule has 1 unspecified atom stereocenters. The first kappa shape index (κ1) is 16.8. The van der Waals surface area contributed by atoms with Gasteiger partial charge in [0.05, 0.1) is 22.2 Å². The van der Waals surface area contributed by atoms with E-state index in [2.05, 4.69) is 0 Å². The van der Waals surface area contributed by atoms with E-state index in [1.165, 1.54) is 19.2 Å². The first-order chi connectivity index (χ1) is 9.54. The van der Waals surface area contributed by atoms with E-state index in [1.807, 2.05) is 0 Å². The molecule has 1 aliphatic rings. The van der Waals surface area contributed by atoms with E-state index in [0.29, 0.717) is 0 Å². The summed E-state index contributed by atoms with van der Waals surface area (Å²) in [5, 5.41) is 0.134. The van der Waals surface area contributed by atoms with Crippen LogP contribution in [0.15, 0.2) is 17.0 Å².